The van der Waals surface area contributed by atoms with E-state index in [1.807, 2.05) is 6.92 Å². The molecular formula is C17H30N2O2. The molecule has 2 saturated carbocycles. The minimum Gasteiger partial charge on any atom is -0.376 e. The van der Waals surface area contributed by atoms with Crippen LogP contribution in [0.15, 0.2) is 0 Å². The van der Waals surface area contributed by atoms with E-state index in [2.05, 4.69) is 10.2 Å². The average Bonchev–Trinajstić information content (AvgIpc) is 3.12. The zero-order chi connectivity index (χ0) is 14.7. The maximum atomic E-state index is 12.4. The van der Waals surface area contributed by atoms with E-state index < -0.39 is 0 Å². The standard InChI is InChI=1S/C17H30N2O2/c1-13-17(20)19(16(18-13)14-7-5-6-8-14)11-12-21-15-9-3-2-4-10-15/h13-16,18H,2-12H2,1H3. The zero-order valence-corrected chi connectivity index (χ0v) is 13.4. The first-order chi connectivity index (χ1) is 10.3. The van der Waals surface area contributed by atoms with E-state index in [-0.39, 0.29) is 18.1 Å². The average molecular weight is 294 g/mol. The Bertz CT molecular complexity index is 349. The number of nitrogens with zero attached hydrogens (tertiary/aromatic N) is 1. The number of ether oxygens (including phenoxy) is 1. The van der Waals surface area contributed by atoms with E-state index in [4.69, 9.17) is 4.74 Å². The topological polar surface area (TPSA) is 41.6 Å². The van der Waals surface area contributed by atoms with Gasteiger partial charge in [0.05, 0.1) is 24.9 Å². The zero-order valence-electron chi connectivity index (χ0n) is 13.4. The third-order valence-corrected chi connectivity index (χ3v) is 5.49. The molecule has 2 unspecified atom stereocenters. The Labute approximate surface area is 128 Å². The number of amides is 1. The molecule has 1 heterocycles. The molecule has 1 N–H and O–H groups in total. The van der Waals surface area contributed by atoms with Crippen molar-refractivity contribution in [3.8, 4) is 0 Å². The van der Waals surface area contributed by atoms with Gasteiger partial charge in [0.25, 0.3) is 0 Å². The lowest BCUT2D eigenvalue weighted by Gasteiger charge is -2.30. The van der Waals surface area contributed by atoms with Crippen LogP contribution in [0.1, 0.15) is 64.7 Å². The lowest BCUT2D eigenvalue weighted by atomic mass is 9.98. The molecule has 0 aromatic carbocycles. The number of hydrogen-bond donors (Lipinski definition) is 1. The molecule has 0 radical (unpaired) electrons. The van der Waals surface area contributed by atoms with Crippen LogP contribution in [0, 0.1) is 5.92 Å². The minimum atomic E-state index is -0.0229. The summed E-state index contributed by atoms with van der Waals surface area (Å²) in [6, 6.07) is -0.0229. The van der Waals surface area contributed by atoms with Crippen molar-refractivity contribution in [1.29, 1.82) is 0 Å². The maximum Gasteiger partial charge on any atom is 0.240 e. The summed E-state index contributed by atoms with van der Waals surface area (Å²) in [7, 11) is 0. The van der Waals surface area contributed by atoms with Crippen LogP contribution in [0.3, 0.4) is 0 Å². The van der Waals surface area contributed by atoms with Crippen LogP contribution in [0.25, 0.3) is 0 Å². The lowest BCUT2D eigenvalue weighted by Crippen LogP contribution is -2.44. The molecule has 4 nitrogen and oxygen atoms in total. The SMILES string of the molecule is CC1NC(C2CCCC2)N(CCOC2CCCCC2)C1=O. The van der Waals surface area contributed by atoms with Gasteiger partial charge in [-0.2, -0.15) is 0 Å². The van der Waals surface area contributed by atoms with Crippen molar-refractivity contribution in [3.63, 3.8) is 0 Å². The Balaban J connectivity index is 1.50. The van der Waals surface area contributed by atoms with E-state index >= 15 is 0 Å². The van der Waals surface area contributed by atoms with E-state index in [1.54, 1.807) is 0 Å². The molecule has 4 heteroatoms. The summed E-state index contributed by atoms with van der Waals surface area (Å²) in [6.45, 7) is 3.45. The Hall–Kier alpha value is -0.610. The van der Waals surface area contributed by atoms with Crippen LogP contribution in [0.5, 0.6) is 0 Å². The summed E-state index contributed by atoms with van der Waals surface area (Å²) in [6.07, 6.45) is 12.2. The number of nitrogens with one attached hydrogen (secondary N) is 1. The summed E-state index contributed by atoms with van der Waals surface area (Å²) >= 11 is 0. The molecule has 0 bridgehead atoms. The van der Waals surface area contributed by atoms with Gasteiger partial charge in [0.1, 0.15) is 0 Å². The van der Waals surface area contributed by atoms with Crippen molar-refractivity contribution in [2.75, 3.05) is 13.2 Å². The normalized spacial score (nSPS) is 32.2. The van der Waals surface area contributed by atoms with Crippen molar-refractivity contribution in [3.05, 3.63) is 0 Å². The molecule has 3 rings (SSSR count). The summed E-state index contributed by atoms with van der Waals surface area (Å²) < 4.78 is 6.02. The predicted molar refractivity (Wildman–Crippen MR) is 82.9 cm³/mol. The summed E-state index contributed by atoms with van der Waals surface area (Å²) in [4.78, 5) is 14.4. The van der Waals surface area contributed by atoms with Crippen molar-refractivity contribution in [2.45, 2.75) is 83.0 Å². The fourth-order valence-corrected chi connectivity index (χ4v) is 4.27. The molecule has 1 amide bonds. The summed E-state index contributed by atoms with van der Waals surface area (Å²) in [5.41, 5.74) is 0. The molecule has 21 heavy (non-hydrogen) atoms. The smallest absolute Gasteiger partial charge is 0.240 e. The highest BCUT2D eigenvalue weighted by Gasteiger charge is 2.40. The van der Waals surface area contributed by atoms with Gasteiger partial charge in [-0.1, -0.05) is 32.1 Å². The van der Waals surface area contributed by atoms with Gasteiger partial charge in [-0.05, 0) is 38.5 Å². The third-order valence-electron chi connectivity index (χ3n) is 5.49. The molecule has 120 valence electrons. The van der Waals surface area contributed by atoms with E-state index in [0.29, 0.717) is 18.6 Å². The van der Waals surface area contributed by atoms with Crippen molar-refractivity contribution >= 4 is 5.91 Å². The van der Waals surface area contributed by atoms with Crippen LogP contribution < -0.4 is 5.32 Å². The molecule has 3 aliphatic rings. The van der Waals surface area contributed by atoms with Crippen molar-refractivity contribution in [1.82, 2.24) is 10.2 Å². The lowest BCUT2D eigenvalue weighted by molar-refractivity contribution is -0.131. The van der Waals surface area contributed by atoms with Crippen LogP contribution >= 0.6 is 0 Å². The molecular weight excluding hydrogens is 264 g/mol. The highest BCUT2D eigenvalue weighted by molar-refractivity contribution is 5.83. The van der Waals surface area contributed by atoms with Gasteiger partial charge in [-0.25, -0.2) is 0 Å². The first-order valence-electron chi connectivity index (χ1n) is 8.94. The molecule has 3 fully saturated rings. The van der Waals surface area contributed by atoms with E-state index in [0.717, 1.165) is 6.54 Å². The quantitative estimate of drug-likeness (QED) is 0.847. The molecule has 0 aromatic heterocycles. The second-order valence-electron chi connectivity index (χ2n) is 7.04. The predicted octanol–water partition coefficient (Wildman–Crippen LogP) is 2.67. The number of hydrogen-bond acceptors (Lipinski definition) is 3. The molecule has 0 spiro atoms. The van der Waals surface area contributed by atoms with Gasteiger partial charge < -0.3 is 9.64 Å². The maximum absolute atomic E-state index is 12.4. The molecule has 0 aromatic rings. The fourth-order valence-electron chi connectivity index (χ4n) is 4.27. The van der Waals surface area contributed by atoms with E-state index in [1.165, 1.54) is 57.8 Å². The van der Waals surface area contributed by atoms with Gasteiger partial charge in [0.15, 0.2) is 0 Å². The van der Waals surface area contributed by atoms with Crippen molar-refractivity contribution < 1.29 is 9.53 Å². The number of rotatable bonds is 5. The first-order valence-corrected chi connectivity index (χ1v) is 8.94. The molecule has 1 saturated heterocycles. The van der Waals surface area contributed by atoms with Crippen molar-refractivity contribution in [2.24, 2.45) is 5.92 Å². The minimum absolute atomic E-state index is 0.0229. The molecule has 2 atom stereocenters. The monoisotopic (exact) mass is 294 g/mol. The van der Waals surface area contributed by atoms with Crippen LogP contribution in [-0.2, 0) is 9.53 Å². The Morgan fingerprint density at radius 1 is 1.10 bits per heavy atom. The van der Waals surface area contributed by atoms with Gasteiger partial charge >= 0.3 is 0 Å². The second kappa shape index (κ2) is 7.10. The van der Waals surface area contributed by atoms with Gasteiger partial charge in [-0.3, -0.25) is 10.1 Å². The second-order valence-corrected chi connectivity index (χ2v) is 7.04. The Morgan fingerprint density at radius 2 is 1.76 bits per heavy atom. The van der Waals surface area contributed by atoms with Gasteiger partial charge in [-0.15, -0.1) is 0 Å². The Kier molecular flexibility index (Phi) is 5.17. The highest BCUT2D eigenvalue weighted by atomic mass is 16.5. The number of carbonyl (C=O) groups excluding carboxylic acids is 1. The first kappa shape index (κ1) is 15.3. The molecule has 1 aliphatic heterocycles. The van der Waals surface area contributed by atoms with Gasteiger partial charge in [0.2, 0.25) is 5.91 Å². The number of carbonyl (C=O) groups is 1. The van der Waals surface area contributed by atoms with Gasteiger partial charge in [0, 0.05) is 6.54 Å². The molecule has 2 aliphatic carbocycles. The van der Waals surface area contributed by atoms with Crippen LogP contribution in [-0.4, -0.2) is 42.3 Å². The summed E-state index contributed by atoms with van der Waals surface area (Å²) in [5.74, 6) is 0.910. The van der Waals surface area contributed by atoms with Crippen LogP contribution in [0.2, 0.25) is 0 Å². The largest absolute Gasteiger partial charge is 0.376 e. The van der Waals surface area contributed by atoms with Crippen LogP contribution in [0.4, 0.5) is 0 Å². The summed E-state index contributed by atoms with van der Waals surface area (Å²) in [5, 5.41) is 3.50. The highest BCUT2D eigenvalue weighted by Crippen LogP contribution is 2.32. The van der Waals surface area contributed by atoms with E-state index in [9.17, 15) is 4.79 Å². The fraction of sp³-hybridized carbons (Fsp3) is 0.941. The third kappa shape index (κ3) is 3.59. The Morgan fingerprint density at radius 3 is 2.48 bits per heavy atom.